The molecular formula is C24H39N3O5. The van der Waals surface area contributed by atoms with Crippen LogP contribution < -0.4 is 10.6 Å². The van der Waals surface area contributed by atoms with Crippen LogP contribution in [0.4, 0.5) is 4.79 Å². The van der Waals surface area contributed by atoms with E-state index in [0.717, 1.165) is 6.42 Å². The van der Waals surface area contributed by atoms with Crippen LogP contribution in [0.3, 0.4) is 0 Å². The van der Waals surface area contributed by atoms with Gasteiger partial charge < -0.3 is 25.4 Å². The van der Waals surface area contributed by atoms with Crippen LogP contribution in [-0.2, 0) is 14.3 Å². The molecule has 0 aliphatic carbocycles. The monoisotopic (exact) mass is 449 g/mol. The van der Waals surface area contributed by atoms with Crippen molar-refractivity contribution in [3.8, 4) is 5.75 Å². The maximum absolute atomic E-state index is 13.4. The van der Waals surface area contributed by atoms with E-state index in [-0.39, 0.29) is 11.7 Å². The normalized spacial score (nSPS) is 13.6. The van der Waals surface area contributed by atoms with E-state index >= 15 is 0 Å². The van der Waals surface area contributed by atoms with Gasteiger partial charge in [-0.15, -0.1) is 0 Å². The molecule has 0 radical (unpaired) electrons. The Morgan fingerprint density at radius 2 is 1.62 bits per heavy atom. The number of amides is 3. The van der Waals surface area contributed by atoms with E-state index in [0.29, 0.717) is 18.5 Å². The zero-order valence-electron chi connectivity index (χ0n) is 20.6. The fourth-order valence-corrected chi connectivity index (χ4v) is 3.06. The fourth-order valence-electron chi connectivity index (χ4n) is 3.06. The van der Waals surface area contributed by atoms with Crippen LogP contribution >= 0.6 is 0 Å². The number of aromatic hydroxyl groups is 1. The Labute approximate surface area is 191 Å². The van der Waals surface area contributed by atoms with Gasteiger partial charge in [0, 0.05) is 12.1 Å². The molecule has 2 atom stereocenters. The van der Waals surface area contributed by atoms with Gasteiger partial charge in [-0.3, -0.25) is 9.59 Å². The molecule has 3 N–H and O–H groups in total. The van der Waals surface area contributed by atoms with Crippen LogP contribution in [0, 0.1) is 0 Å². The van der Waals surface area contributed by atoms with Crippen LogP contribution in [-0.4, -0.2) is 51.6 Å². The summed E-state index contributed by atoms with van der Waals surface area (Å²) in [6.45, 7) is 14.7. The SMILES string of the molecule is CCCCN(C(=O)C(C)NC(=O)OC(C)(C)C)C(C(=O)NC(C)(C)C)c1ccc(O)cc1. The topological polar surface area (TPSA) is 108 Å². The molecule has 0 saturated heterocycles. The minimum absolute atomic E-state index is 0.0649. The second-order valence-corrected chi connectivity index (χ2v) is 9.99. The molecule has 8 nitrogen and oxygen atoms in total. The molecule has 0 fully saturated rings. The first-order chi connectivity index (χ1) is 14.6. The third-order valence-corrected chi connectivity index (χ3v) is 4.41. The number of carbonyl (C=O) groups excluding carboxylic acids is 3. The van der Waals surface area contributed by atoms with E-state index in [4.69, 9.17) is 4.74 Å². The summed E-state index contributed by atoms with van der Waals surface area (Å²) in [5.41, 5.74) is -0.638. The molecule has 0 aliphatic rings. The maximum Gasteiger partial charge on any atom is 0.408 e. The summed E-state index contributed by atoms with van der Waals surface area (Å²) in [6, 6.07) is 4.40. The van der Waals surface area contributed by atoms with Crippen molar-refractivity contribution >= 4 is 17.9 Å². The van der Waals surface area contributed by atoms with Crippen LogP contribution in [0.5, 0.6) is 5.75 Å². The predicted octanol–water partition coefficient (Wildman–Crippen LogP) is 3.89. The van der Waals surface area contributed by atoms with E-state index in [9.17, 15) is 19.5 Å². The van der Waals surface area contributed by atoms with Gasteiger partial charge in [-0.05, 0) is 72.6 Å². The Morgan fingerprint density at radius 1 is 1.06 bits per heavy atom. The van der Waals surface area contributed by atoms with Gasteiger partial charge in [-0.25, -0.2) is 4.79 Å². The van der Waals surface area contributed by atoms with Crippen molar-refractivity contribution in [2.24, 2.45) is 0 Å². The summed E-state index contributed by atoms with van der Waals surface area (Å²) < 4.78 is 5.26. The summed E-state index contributed by atoms with van der Waals surface area (Å²) in [5.74, 6) is -0.668. The fraction of sp³-hybridized carbons (Fsp3) is 0.625. The molecule has 8 heteroatoms. The van der Waals surface area contributed by atoms with Gasteiger partial charge in [0.05, 0.1) is 0 Å². The molecule has 1 aromatic rings. The smallest absolute Gasteiger partial charge is 0.408 e. The largest absolute Gasteiger partial charge is 0.508 e. The van der Waals surface area contributed by atoms with Gasteiger partial charge in [0.25, 0.3) is 0 Å². The van der Waals surface area contributed by atoms with Crippen molar-refractivity contribution in [1.29, 1.82) is 0 Å². The molecule has 0 heterocycles. The van der Waals surface area contributed by atoms with Gasteiger partial charge in [0.2, 0.25) is 11.8 Å². The average Bonchev–Trinajstić information content (AvgIpc) is 2.62. The number of hydrogen-bond acceptors (Lipinski definition) is 5. The lowest BCUT2D eigenvalue weighted by Gasteiger charge is -2.35. The lowest BCUT2D eigenvalue weighted by molar-refractivity contribution is -0.142. The number of ether oxygens (including phenoxy) is 1. The highest BCUT2D eigenvalue weighted by Crippen LogP contribution is 2.26. The Hall–Kier alpha value is -2.77. The van der Waals surface area contributed by atoms with Crippen LogP contribution in [0.2, 0.25) is 0 Å². The van der Waals surface area contributed by atoms with Crippen molar-refractivity contribution in [3.63, 3.8) is 0 Å². The predicted molar refractivity (Wildman–Crippen MR) is 124 cm³/mol. The standard InChI is InChI=1S/C24H39N3O5/c1-9-10-15-27(21(30)16(2)25-22(31)32-24(6,7)8)19(20(29)26-23(3,4)5)17-11-13-18(28)14-12-17/h11-14,16,19,28H,9-10,15H2,1-8H3,(H,25,31)(H,26,29). The summed E-state index contributed by atoms with van der Waals surface area (Å²) in [5, 5.41) is 15.2. The molecule has 1 rings (SSSR count). The molecule has 0 saturated carbocycles. The lowest BCUT2D eigenvalue weighted by atomic mass is 10.0. The summed E-state index contributed by atoms with van der Waals surface area (Å²) in [4.78, 5) is 40.4. The minimum atomic E-state index is -0.920. The Bertz CT molecular complexity index is 778. The second kappa shape index (κ2) is 11.2. The third-order valence-electron chi connectivity index (χ3n) is 4.41. The molecule has 180 valence electrons. The molecule has 0 bridgehead atoms. The molecular weight excluding hydrogens is 410 g/mol. The number of rotatable bonds is 8. The highest BCUT2D eigenvalue weighted by atomic mass is 16.6. The van der Waals surface area contributed by atoms with Crippen LogP contribution in [0.1, 0.15) is 79.8 Å². The van der Waals surface area contributed by atoms with Gasteiger partial charge in [0.1, 0.15) is 23.4 Å². The molecule has 0 aliphatic heterocycles. The average molecular weight is 450 g/mol. The molecule has 0 aromatic heterocycles. The molecule has 3 amide bonds. The van der Waals surface area contributed by atoms with Gasteiger partial charge in [-0.1, -0.05) is 25.5 Å². The quantitative estimate of drug-likeness (QED) is 0.558. The maximum atomic E-state index is 13.4. The first kappa shape index (κ1) is 27.3. The first-order valence-electron chi connectivity index (χ1n) is 11.1. The zero-order chi connectivity index (χ0) is 24.7. The van der Waals surface area contributed by atoms with E-state index in [1.807, 2.05) is 27.7 Å². The molecule has 2 unspecified atom stereocenters. The Balaban J connectivity index is 3.29. The van der Waals surface area contributed by atoms with E-state index in [1.165, 1.54) is 17.0 Å². The number of hydrogen-bond donors (Lipinski definition) is 3. The van der Waals surface area contributed by atoms with Crippen molar-refractivity contribution < 1.29 is 24.2 Å². The molecule has 0 spiro atoms. The number of benzene rings is 1. The lowest BCUT2D eigenvalue weighted by Crippen LogP contribution is -2.54. The number of unbranched alkanes of at least 4 members (excludes halogenated alkanes) is 1. The number of phenols is 1. The highest BCUT2D eigenvalue weighted by molar-refractivity contribution is 5.92. The second-order valence-electron chi connectivity index (χ2n) is 9.99. The number of alkyl carbamates (subject to hydrolysis) is 1. The number of nitrogens with zero attached hydrogens (tertiary/aromatic N) is 1. The van der Waals surface area contributed by atoms with Crippen molar-refractivity contribution in [3.05, 3.63) is 29.8 Å². The van der Waals surface area contributed by atoms with Gasteiger partial charge >= 0.3 is 6.09 Å². The number of nitrogens with one attached hydrogen (secondary N) is 2. The van der Waals surface area contributed by atoms with E-state index < -0.39 is 35.2 Å². The summed E-state index contributed by atoms with van der Waals surface area (Å²) in [7, 11) is 0. The Kier molecular flexibility index (Phi) is 9.54. The third kappa shape index (κ3) is 9.16. The summed E-state index contributed by atoms with van der Waals surface area (Å²) in [6.07, 6.45) is 0.803. The first-order valence-corrected chi connectivity index (χ1v) is 11.1. The highest BCUT2D eigenvalue weighted by Gasteiger charge is 2.35. The minimum Gasteiger partial charge on any atom is -0.508 e. The van der Waals surface area contributed by atoms with E-state index in [2.05, 4.69) is 10.6 Å². The van der Waals surface area contributed by atoms with Gasteiger partial charge in [-0.2, -0.15) is 0 Å². The van der Waals surface area contributed by atoms with E-state index in [1.54, 1.807) is 39.8 Å². The molecule has 32 heavy (non-hydrogen) atoms. The van der Waals surface area contributed by atoms with Crippen molar-refractivity contribution in [1.82, 2.24) is 15.5 Å². The van der Waals surface area contributed by atoms with Crippen LogP contribution in [0.25, 0.3) is 0 Å². The number of carbonyl (C=O) groups is 3. The number of phenolic OH excluding ortho intramolecular Hbond substituents is 1. The van der Waals surface area contributed by atoms with Crippen molar-refractivity contribution in [2.45, 2.75) is 91.5 Å². The zero-order valence-corrected chi connectivity index (χ0v) is 20.6. The van der Waals surface area contributed by atoms with Gasteiger partial charge in [0.15, 0.2) is 0 Å². The van der Waals surface area contributed by atoms with Crippen LogP contribution in [0.15, 0.2) is 24.3 Å². The molecule has 1 aromatic carbocycles. The Morgan fingerprint density at radius 3 is 2.09 bits per heavy atom. The van der Waals surface area contributed by atoms with Crippen molar-refractivity contribution in [2.75, 3.05) is 6.54 Å². The summed E-state index contributed by atoms with van der Waals surface area (Å²) >= 11 is 0.